The van der Waals surface area contributed by atoms with Crippen molar-refractivity contribution in [2.45, 2.75) is 46.5 Å². The minimum atomic E-state index is 0. The first-order valence-corrected chi connectivity index (χ1v) is 14.6. The van der Waals surface area contributed by atoms with Crippen LogP contribution in [0.1, 0.15) is 50.3 Å². The molecule has 0 aliphatic rings. The van der Waals surface area contributed by atoms with Gasteiger partial charge in [0.2, 0.25) is 0 Å². The molecule has 0 saturated heterocycles. The van der Waals surface area contributed by atoms with E-state index in [2.05, 4.69) is 126 Å². The number of aryl methyl sites for hydroxylation is 2. The van der Waals surface area contributed by atoms with Crippen molar-refractivity contribution in [3.8, 4) is 11.1 Å². The number of halogens is 2. The van der Waals surface area contributed by atoms with Crippen LogP contribution in [0.15, 0.2) is 91.0 Å². The molecule has 0 heterocycles. The molecule has 0 bridgehead atoms. The Morgan fingerprint density at radius 1 is 0.676 bits per heavy atom. The fourth-order valence-corrected chi connectivity index (χ4v) is 4.40. The molecule has 2 radical (unpaired) electrons. The number of hydrogen-bond acceptors (Lipinski definition) is 0. The van der Waals surface area contributed by atoms with E-state index in [1.165, 1.54) is 49.4 Å². The van der Waals surface area contributed by atoms with Crippen molar-refractivity contribution in [1.82, 2.24) is 0 Å². The summed E-state index contributed by atoms with van der Waals surface area (Å²) in [4.78, 5) is 0. The first kappa shape index (κ1) is 37.5. The van der Waals surface area contributed by atoms with Crippen LogP contribution in [0, 0.1) is 14.9 Å². The summed E-state index contributed by atoms with van der Waals surface area (Å²) in [5.74, 6) is 0.616. The Morgan fingerprint density at radius 2 is 1.16 bits per heavy atom. The second-order valence-electron chi connectivity index (χ2n) is 8.61. The van der Waals surface area contributed by atoms with Crippen molar-refractivity contribution in [2.75, 3.05) is 0 Å². The zero-order chi connectivity index (χ0) is 23.8. The maximum atomic E-state index is 2.97. The standard InChI is InChI=1S/C17H15.C14H17.2CH3.2ClH.Si.Ti/c1-2-13-11-15-9-6-10-16(17(15)12-13)14-7-4-3-5-8-14;1-4-11-8-12-6-5-7-13(10(2)3)14(12)9-11;;;;;;/h3-12H,2H2,1H3;5-10H,4H2,1-3H3;2*1H3;2*1H;;/q4*-1;;;;. The SMILES string of the molecule is CCc1cc2c(-c3ccccc3)cccc2[cH-]1.CCc1cc2c(C(C)C)cccc2[cH-]1.Cl.Cl.[CH3-].[CH3-].[Si]=[Ti]. The molecule has 0 N–H and O–H groups in total. The van der Waals surface area contributed by atoms with Crippen LogP contribution in [0.5, 0.6) is 0 Å². The normalized spacial score (nSPS) is 9.41. The molecule has 0 aliphatic heterocycles. The van der Waals surface area contributed by atoms with Crippen molar-refractivity contribution < 1.29 is 19.2 Å². The summed E-state index contributed by atoms with van der Waals surface area (Å²) in [6.07, 6.45) is 2.23. The molecule has 5 aromatic rings. The van der Waals surface area contributed by atoms with Crippen LogP contribution >= 0.6 is 24.8 Å². The van der Waals surface area contributed by atoms with Crippen molar-refractivity contribution >= 4 is 54.0 Å². The van der Waals surface area contributed by atoms with E-state index in [4.69, 9.17) is 0 Å². The van der Waals surface area contributed by atoms with E-state index in [-0.39, 0.29) is 39.7 Å². The summed E-state index contributed by atoms with van der Waals surface area (Å²) in [7, 11) is 2.97. The molecule has 0 spiro atoms. The monoisotopic (exact) mass is 582 g/mol. The quantitative estimate of drug-likeness (QED) is 0.146. The summed E-state index contributed by atoms with van der Waals surface area (Å²) in [5, 5.41) is 5.56. The average Bonchev–Trinajstić information content (AvgIpc) is 3.49. The number of fused-ring (bicyclic) bond motifs is 2. The second-order valence-corrected chi connectivity index (χ2v) is 8.61. The van der Waals surface area contributed by atoms with Gasteiger partial charge in [0, 0.05) is 0 Å². The molecule has 0 unspecified atom stereocenters. The van der Waals surface area contributed by atoms with Gasteiger partial charge in [0.1, 0.15) is 0 Å². The van der Waals surface area contributed by atoms with E-state index in [0.717, 1.165) is 12.8 Å². The molecule has 37 heavy (non-hydrogen) atoms. The Balaban J connectivity index is 0. The third-order valence-electron chi connectivity index (χ3n) is 6.18. The molecule has 0 aromatic heterocycles. The third-order valence-corrected chi connectivity index (χ3v) is 6.18. The fraction of sp³-hybridized carbons (Fsp3) is 0.212. The van der Waals surface area contributed by atoms with Gasteiger partial charge in [-0.25, -0.2) is 0 Å². The first-order chi connectivity index (χ1) is 16.1. The molecule has 5 rings (SSSR count). The van der Waals surface area contributed by atoms with Gasteiger partial charge in [0.05, 0.1) is 0 Å². The summed E-state index contributed by atoms with van der Waals surface area (Å²) in [5.41, 5.74) is 6.98. The molecule has 5 aromatic carbocycles. The first-order valence-electron chi connectivity index (χ1n) is 11.8. The van der Waals surface area contributed by atoms with Gasteiger partial charge in [-0.2, -0.15) is 12.1 Å². The predicted molar refractivity (Wildman–Crippen MR) is 170 cm³/mol. The fourth-order valence-electron chi connectivity index (χ4n) is 4.40. The van der Waals surface area contributed by atoms with Gasteiger partial charge in [-0.3, -0.25) is 0 Å². The van der Waals surface area contributed by atoms with Crippen LogP contribution in [-0.2, 0) is 32.0 Å². The van der Waals surface area contributed by atoms with E-state index in [1.807, 2.05) is 0 Å². The average molecular weight is 584 g/mol. The van der Waals surface area contributed by atoms with Gasteiger partial charge >= 0.3 is 26.8 Å². The zero-order valence-electron chi connectivity index (χ0n) is 23.0. The molecule has 0 atom stereocenters. The van der Waals surface area contributed by atoms with Crippen molar-refractivity contribution in [2.24, 2.45) is 0 Å². The van der Waals surface area contributed by atoms with Gasteiger partial charge in [-0.05, 0) is 24.3 Å². The topological polar surface area (TPSA) is 0 Å². The second kappa shape index (κ2) is 18.6. The van der Waals surface area contributed by atoms with Gasteiger partial charge < -0.3 is 14.9 Å². The van der Waals surface area contributed by atoms with E-state index >= 15 is 0 Å². The Kier molecular flexibility index (Phi) is 18.9. The van der Waals surface area contributed by atoms with Gasteiger partial charge in [0.25, 0.3) is 0 Å². The van der Waals surface area contributed by atoms with Crippen molar-refractivity contribution in [3.05, 3.63) is 123 Å². The van der Waals surface area contributed by atoms with Crippen LogP contribution in [0.4, 0.5) is 0 Å². The van der Waals surface area contributed by atoms with E-state index in [9.17, 15) is 0 Å². The maximum absolute atomic E-state index is 2.97. The molecular formula is C33H40Cl2SiTi-4. The molecule has 4 heteroatoms. The van der Waals surface area contributed by atoms with Crippen molar-refractivity contribution in [1.29, 1.82) is 0 Å². The van der Waals surface area contributed by atoms with Crippen LogP contribution in [0.2, 0.25) is 0 Å². The molecule has 198 valence electrons. The van der Waals surface area contributed by atoms with E-state index < -0.39 is 0 Å². The van der Waals surface area contributed by atoms with Crippen LogP contribution in [-0.4, -0.2) is 7.63 Å². The van der Waals surface area contributed by atoms with E-state index in [1.54, 1.807) is 19.2 Å². The summed E-state index contributed by atoms with van der Waals surface area (Å²) >= 11 is 1.81. The van der Waals surface area contributed by atoms with Gasteiger partial charge in [-0.15, -0.1) is 93.9 Å². The molecule has 0 amide bonds. The number of rotatable bonds is 4. The molecule has 0 saturated carbocycles. The van der Waals surface area contributed by atoms with Crippen LogP contribution in [0.3, 0.4) is 0 Å². The Morgan fingerprint density at radius 3 is 1.68 bits per heavy atom. The Labute approximate surface area is 251 Å². The molecular weight excluding hydrogens is 543 g/mol. The predicted octanol–water partition coefficient (Wildman–Crippen LogP) is 10.4. The molecule has 0 aliphatic carbocycles. The molecule has 0 nitrogen and oxygen atoms in total. The van der Waals surface area contributed by atoms with Gasteiger partial charge in [0.15, 0.2) is 0 Å². The van der Waals surface area contributed by atoms with E-state index in [0.29, 0.717) is 5.92 Å². The van der Waals surface area contributed by atoms with Gasteiger partial charge in [-0.1, -0.05) is 81.3 Å². The summed E-state index contributed by atoms with van der Waals surface area (Å²) in [6.45, 7) is 8.93. The summed E-state index contributed by atoms with van der Waals surface area (Å²) < 4.78 is 0. The minimum absolute atomic E-state index is 0. The Bertz CT molecular complexity index is 1300. The van der Waals surface area contributed by atoms with Crippen molar-refractivity contribution in [3.63, 3.8) is 0 Å². The third kappa shape index (κ3) is 9.27. The number of hydrogen-bond donors (Lipinski definition) is 0. The summed E-state index contributed by atoms with van der Waals surface area (Å²) in [6, 6.07) is 33.0. The number of benzene rings is 3. The van der Waals surface area contributed by atoms with Crippen LogP contribution < -0.4 is 0 Å². The zero-order valence-corrected chi connectivity index (χ0v) is 27.2. The van der Waals surface area contributed by atoms with Crippen LogP contribution in [0.25, 0.3) is 32.7 Å². The molecule has 0 fully saturated rings. The Hall–Kier alpha value is -1.61.